The van der Waals surface area contributed by atoms with Gasteiger partial charge in [-0.3, -0.25) is 24.3 Å². The summed E-state index contributed by atoms with van der Waals surface area (Å²) < 4.78 is 16.8. The quantitative estimate of drug-likeness (QED) is 0.302. The molecule has 0 saturated heterocycles. The fraction of sp³-hybridized carbons (Fsp3) is 0.0952. The standard InChI is InChI=1S/C21H16BrFN6O3/c22-19-13-28(11-15-3-7-17(23)8-4-15)26-20(19)25-21(30)16-5-1-14(2-6-16)10-27-12-18(9-24-27)29(31)32/h1-9,12-13H,10-11H2,(H,25,26,30). The smallest absolute Gasteiger partial charge is 0.304 e. The monoisotopic (exact) mass is 498 g/mol. The molecule has 162 valence electrons. The van der Waals surface area contributed by atoms with Crippen LogP contribution in [0.3, 0.4) is 0 Å². The van der Waals surface area contributed by atoms with Gasteiger partial charge in [0.2, 0.25) is 0 Å². The average molecular weight is 499 g/mol. The lowest BCUT2D eigenvalue weighted by molar-refractivity contribution is -0.385. The van der Waals surface area contributed by atoms with Crippen LogP contribution in [0.4, 0.5) is 15.9 Å². The minimum Gasteiger partial charge on any atom is -0.304 e. The van der Waals surface area contributed by atoms with Gasteiger partial charge >= 0.3 is 5.69 Å². The van der Waals surface area contributed by atoms with Crippen molar-refractivity contribution in [3.8, 4) is 0 Å². The summed E-state index contributed by atoms with van der Waals surface area (Å²) in [5.74, 6) is -0.274. The van der Waals surface area contributed by atoms with Crippen molar-refractivity contribution in [2.24, 2.45) is 0 Å². The van der Waals surface area contributed by atoms with Crippen LogP contribution in [0, 0.1) is 15.9 Å². The highest BCUT2D eigenvalue weighted by atomic mass is 79.9. The van der Waals surface area contributed by atoms with Crippen molar-refractivity contribution in [3.63, 3.8) is 0 Å². The molecule has 1 amide bonds. The number of aromatic nitrogens is 4. The van der Waals surface area contributed by atoms with Crippen molar-refractivity contribution in [3.05, 3.63) is 104 Å². The van der Waals surface area contributed by atoms with E-state index in [1.54, 1.807) is 47.3 Å². The van der Waals surface area contributed by atoms with Gasteiger partial charge in [-0.25, -0.2) is 4.39 Å². The van der Waals surface area contributed by atoms with Crippen LogP contribution in [0.25, 0.3) is 0 Å². The maximum atomic E-state index is 13.1. The zero-order chi connectivity index (χ0) is 22.7. The summed E-state index contributed by atoms with van der Waals surface area (Å²) in [5.41, 5.74) is 2.06. The van der Waals surface area contributed by atoms with Gasteiger partial charge in [0.25, 0.3) is 5.91 Å². The van der Waals surface area contributed by atoms with Gasteiger partial charge in [0.05, 0.1) is 22.5 Å². The number of carbonyl (C=O) groups is 1. The molecular weight excluding hydrogens is 483 g/mol. The number of amides is 1. The number of hydrogen-bond donors (Lipinski definition) is 1. The molecule has 0 aliphatic rings. The van der Waals surface area contributed by atoms with Crippen LogP contribution < -0.4 is 5.32 Å². The third-order valence-corrected chi connectivity index (χ3v) is 5.18. The molecule has 32 heavy (non-hydrogen) atoms. The first kappa shape index (κ1) is 21.4. The second-order valence-corrected chi connectivity index (χ2v) is 7.81. The molecule has 0 radical (unpaired) electrons. The Morgan fingerprint density at radius 3 is 2.28 bits per heavy atom. The Hall–Kier alpha value is -3.86. The Morgan fingerprint density at radius 2 is 1.66 bits per heavy atom. The highest BCUT2D eigenvalue weighted by molar-refractivity contribution is 9.10. The van der Waals surface area contributed by atoms with Crippen molar-refractivity contribution in [2.75, 3.05) is 5.32 Å². The maximum Gasteiger partial charge on any atom is 0.307 e. The fourth-order valence-corrected chi connectivity index (χ4v) is 3.42. The minimum atomic E-state index is -0.504. The number of nitrogens with zero attached hydrogens (tertiary/aromatic N) is 5. The van der Waals surface area contributed by atoms with Gasteiger partial charge in [-0.15, -0.1) is 0 Å². The van der Waals surface area contributed by atoms with E-state index in [1.807, 2.05) is 0 Å². The Morgan fingerprint density at radius 1 is 1.03 bits per heavy atom. The first-order valence-corrected chi connectivity index (χ1v) is 10.2. The molecule has 0 bridgehead atoms. The van der Waals surface area contributed by atoms with Crippen molar-refractivity contribution >= 4 is 33.3 Å². The second-order valence-electron chi connectivity index (χ2n) is 6.95. The van der Waals surface area contributed by atoms with Crippen molar-refractivity contribution < 1.29 is 14.1 Å². The van der Waals surface area contributed by atoms with Gasteiger partial charge in [0.15, 0.2) is 5.82 Å². The number of halogens is 2. The van der Waals surface area contributed by atoms with E-state index in [4.69, 9.17) is 0 Å². The van der Waals surface area contributed by atoms with Crippen molar-refractivity contribution in [1.29, 1.82) is 0 Å². The molecule has 9 nitrogen and oxygen atoms in total. The molecule has 4 aromatic rings. The summed E-state index contributed by atoms with van der Waals surface area (Å²) in [6.45, 7) is 0.768. The molecule has 1 N–H and O–H groups in total. The highest BCUT2D eigenvalue weighted by Gasteiger charge is 2.13. The maximum absolute atomic E-state index is 13.1. The highest BCUT2D eigenvalue weighted by Crippen LogP contribution is 2.22. The largest absolute Gasteiger partial charge is 0.307 e. The summed E-state index contributed by atoms with van der Waals surface area (Å²) in [4.78, 5) is 22.8. The van der Waals surface area contributed by atoms with E-state index < -0.39 is 4.92 Å². The Kier molecular flexibility index (Phi) is 6.08. The summed E-state index contributed by atoms with van der Waals surface area (Å²) in [6.07, 6.45) is 4.26. The Bertz CT molecular complexity index is 1270. The zero-order valence-electron chi connectivity index (χ0n) is 16.5. The molecule has 0 atom stereocenters. The van der Waals surface area contributed by atoms with Crippen LogP contribution in [0.5, 0.6) is 0 Å². The van der Waals surface area contributed by atoms with Gasteiger partial charge in [0, 0.05) is 11.8 Å². The van der Waals surface area contributed by atoms with Crippen LogP contribution in [-0.4, -0.2) is 30.4 Å². The lowest BCUT2D eigenvalue weighted by atomic mass is 10.1. The molecule has 0 aliphatic carbocycles. The zero-order valence-corrected chi connectivity index (χ0v) is 18.1. The minimum absolute atomic E-state index is 0.0783. The summed E-state index contributed by atoms with van der Waals surface area (Å²) in [5, 5.41) is 21.8. The Balaban J connectivity index is 1.39. The third-order valence-electron chi connectivity index (χ3n) is 4.60. The van der Waals surface area contributed by atoms with E-state index in [1.165, 1.54) is 29.2 Å². The van der Waals surface area contributed by atoms with Gasteiger partial charge in [-0.1, -0.05) is 24.3 Å². The van der Waals surface area contributed by atoms with Gasteiger partial charge < -0.3 is 5.32 Å². The summed E-state index contributed by atoms with van der Waals surface area (Å²) in [7, 11) is 0. The molecule has 0 spiro atoms. The first-order valence-electron chi connectivity index (χ1n) is 9.42. The van der Waals surface area contributed by atoms with Crippen LogP contribution in [0.15, 0.2) is 71.6 Å². The number of nitrogens with one attached hydrogen (secondary N) is 1. The molecule has 2 aromatic heterocycles. The van der Waals surface area contributed by atoms with E-state index in [0.29, 0.717) is 28.9 Å². The molecular formula is C21H16BrFN6O3. The predicted octanol–water partition coefficient (Wildman–Crippen LogP) is 4.24. The number of nitro groups is 1. The number of hydrogen-bond acceptors (Lipinski definition) is 5. The number of carbonyl (C=O) groups excluding carboxylic acids is 1. The molecule has 0 aliphatic heterocycles. The molecule has 0 fully saturated rings. The summed E-state index contributed by atoms with van der Waals surface area (Å²) >= 11 is 3.39. The third kappa shape index (κ3) is 5.06. The van der Waals surface area contributed by atoms with Gasteiger partial charge in [0.1, 0.15) is 18.2 Å². The second kappa shape index (κ2) is 9.10. The van der Waals surface area contributed by atoms with E-state index in [2.05, 4.69) is 31.4 Å². The first-order chi connectivity index (χ1) is 15.4. The SMILES string of the molecule is O=C(Nc1nn(Cc2ccc(F)cc2)cc1Br)c1ccc(Cn2cc([N+](=O)[O-])cn2)cc1. The molecule has 2 heterocycles. The summed E-state index contributed by atoms with van der Waals surface area (Å²) in [6, 6.07) is 12.9. The van der Waals surface area contributed by atoms with Crippen molar-refractivity contribution in [1.82, 2.24) is 19.6 Å². The van der Waals surface area contributed by atoms with E-state index in [-0.39, 0.29) is 17.4 Å². The van der Waals surface area contributed by atoms with E-state index >= 15 is 0 Å². The molecule has 0 unspecified atom stereocenters. The number of benzene rings is 2. The molecule has 11 heteroatoms. The number of anilines is 1. The van der Waals surface area contributed by atoms with E-state index in [0.717, 1.165) is 11.1 Å². The van der Waals surface area contributed by atoms with Gasteiger partial charge in [-0.2, -0.15) is 10.2 Å². The Labute approximate surface area is 189 Å². The molecule has 0 saturated carbocycles. The normalized spacial score (nSPS) is 10.8. The predicted molar refractivity (Wildman–Crippen MR) is 118 cm³/mol. The lowest BCUT2D eigenvalue weighted by Crippen LogP contribution is -2.13. The number of rotatable bonds is 7. The lowest BCUT2D eigenvalue weighted by Gasteiger charge is -2.05. The van der Waals surface area contributed by atoms with Crippen LogP contribution >= 0.6 is 15.9 Å². The average Bonchev–Trinajstić information content (AvgIpc) is 3.37. The van der Waals surface area contributed by atoms with Crippen molar-refractivity contribution in [2.45, 2.75) is 13.1 Å². The topological polar surface area (TPSA) is 108 Å². The van der Waals surface area contributed by atoms with Gasteiger partial charge in [-0.05, 0) is 51.3 Å². The van der Waals surface area contributed by atoms with E-state index in [9.17, 15) is 19.3 Å². The molecule has 4 rings (SSSR count). The van der Waals surface area contributed by atoms with Crippen LogP contribution in [0.2, 0.25) is 0 Å². The van der Waals surface area contributed by atoms with Crippen LogP contribution in [0.1, 0.15) is 21.5 Å². The molecule has 2 aromatic carbocycles. The fourth-order valence-electron chi connectivity index (χ4n) is 3.00. The van der Waals surface area contributed by atoms with Crippen LogP contribution in [-0.2, 0) is 13.1 Å².